The summed E-state index contributed by atoms with van der Waals surface area (Å²) in [4.78, 5) is 56.2. The zero-order valence-corrected chi connectivity index (χ0v) is 23.7. The number of para-hydroxylation sites is 1. The zero-order chi connectivity index (χ0) is 28.2. The van der Waals surface area contributed by atoms with Crippen LogP contribution in [-0.2, 0) is 14.4 Å². The van der Waals surface area contributed by atoms with E-state index in [1.165, 1.54) is 30.6 Å². The summed E-state index contributed by atoms with van der Waals surface area (Å²) < 4.78 is 5.86. The van der Waals surface area contributed by atoms with Gasteiger partial charge < -0.3 is 30.5 Å². The van der Waals surface area contributed by atoms with Crippen molar-refractivity contribution in [2.24, 2.45) is 5.92 Å². The quantitative estimate of drug-likeness (QED) is 0.472. The highest BCUT2D eigenvalue weighted by Gasteiger charge is 2.29. The van der Waals surface area contributed by atoms with E-state index < -0.39 is 18.0 Å². The summed E-state index contributed by atoms with van der Waals surface area (Å²) in [5.41, 5.74) is 0.296. The van der Waals surface area contributed by atoms with E-state index in [2.05, 4.69) is 20.9 Å². The molecule has 0 aliphatic carbocycles. The molecule has 2 atom stereocenters. The van der Waals surface area contributed by atoms with E-state index in [-0.39, 0.29) is 49.6 Å². The van der Waals surface area contributed by atoms with Gasteiger partial charge in [-0.15, -0.1) is 0 Å². The van der Waals surface area contributed by atoms with E-state index in [1.54, 1.807) is 31.3 Å². The summed E-state index contributed by atoms with van der Waals surface area (Å²) in [6.07, 6.45) is 5.89. The predicted octanol–water partition coefficient (Wildman–Crippen LogP) is 1.94. The van der Waals surface area contributed by atoms with Gasteiger partial charge in [0.1, 0.15) is 24.4 Å². The fraction of sp³-hybridized carbons (Fsp3) is 0.655. The number of ether oxygens (including phenoxy) is 1. The molecule has 216 valence electrons. The van der Waals surface area contributed by atoms with Crippen LogP contribution in [0.2, 0.25) is 0 Å². The van der Waals surface area contributed by atoms with Gasteiger partial charge in [-0.2, -0.15) is 0 Å². The van der Waals surface area contributed by atoms with Crippen LogP contribution >= 0.6 is 0 Å². The lowest BCUT2D eigenvalue weighted by atomic mass is 10.0. The molecule has 0 aromatic heterocycles. The van der Waals surface area contributed by atoms with Gasteiger partial charge in [0.05, 0.1) is 12.1 Å². The third-order valence-electron chi connectivity index (χ3n) is 7.37. The zero-order valence-electron chi connectivity index (χ0n) is 23.7. The SMILES string of the molecule is CC(C)[C@@H]1NC(=O)CC[C@@H](C(=O)NCCCN2CCCCCC2)NC(=O)c2ccccc2OCCN(C)C1=O. The van der Waals surface area contributed by atoms with Crippen molar-refractivity contribution in [3.8, 4) is 5.75 Å². The number of benzene rings is 1. The Labute approximate surface area is 232 Å². The van der Waals surface area contributed by atoms with Crippen LogP contribution in [0.4, 0.5) is 0 Å². The number of hydrogen-bond acceptors (Lipinski definition) is 6. The molecule has 2 aliphatic rings. The first kappa shape index (κ1) is 30.4. The predicted molar refractivity (Wildman–Crippen MR) is 149 cm³/mol. The second-order valence-electron chi connectivity index (χ2n) is 10.9. The van der Waals surface area contributed by atoms with Gasteiger partial charge >= 0.3 is 0 Å². The highest BCUT2D eigenvalue weighted by Crippen LogP contribution is 2.19. The monoisotopic (exact) mass is 543 g/mol. The molecular formula is C29H45N5O5. The summed E-state index contributed by atoms with van der Waals surface area (Å²) in [7, 11) is 1.66. The van der Waals surface area contributed by atoms with Crippen LogP contribution in [0.3, 0.4) is 0 Å². The van der Waals surface area contributed by atoms with Gasteiger partial charge in [0.25, 0.3) is 5.91 Å². The van der Waals surface area contributed by atoms with Crippen molar-refractivity contribution in [3.05, 3.63) is 29.8 Å². The minimum atomic E-state index is -0.907. The molecule has 0 spiro atoms. The van der Waals surface area contributed by atoms with Gasteiger partial charge in [0.15, 0.2) is 0 Å². The van der Waals surface area contributed by atoms with Crippen molar-refractivity contribution in [2.75, 3.05) is 46.4 Å². The van der Waals surface area contributed by atoms with Crippen molar-refractivity contribution < 1.29 is 23.9 Å². The molecule has 3 rings (SSSR count). The van der Waals surface area contributed by atoms with Crippen molar-refractivity contribution >= 4 is 23.6 Å². The average molecular weight is 544 g/mol. The second-order valence-corrected chi connectivity index (χ2v) is 10.9. The molecule has 2 heterocycles. The first-order valence-electron chi connectivity index (χ1n) is 14.3. The molecule has 0 saturated carbocycles. The molecule has 10 nitrogen and oxygen atoms in total. The highest BCUT2D eigenvalue weighted by atomic mass is 16.5. The van der Waals surface area contributed by atoms with Gasteiger partial charge in [-0.1, -0.05) is 38.8 Å². The lowest BCUT2D eigenvalue weighted by Gasteiger charge is -2.27. The maximum Gasteiger partial charge on any atom is 0.255 e. The Bertz CT molecular complexity index is 977. The van der Waals surface area contributed by atoms with Gasteiger partial charge in [0.2, 0.25) is 17.7 Å². The summed E-state index contributed by atoms with van der Waals surface area (Å²) in [6.45, 7) is 7.81. The van der Waals surface area contributed by atoms with Gasteiger partial charge in [0, 0.05) is 20.0 Å². The molecule has 2 aliphatic heterocycles. The number of likely N-dealkylation sites (N-methyl/N-ethyl adjacent to an activating group) is 1. The standard InChI is InChI=1S/C29H45N5O5/c1-21(2)26-29(38)33(3)19-20-39-24-12-7-6-11-22(24)27(36)31-23(13-14-25(35)32-26)28(37)30-15-10-18-34-16-8-4-5-9-17-34/h6-7,11-12,21,23,26H,4-5,8-10,13-20H2,1-3H3,(H,30,37)(H,31,36)(H,32,35)/t23-,26-/m0/s1. The van der Waals surface area contributed by atoms with E-state index in [4.69, 9.17) is 4.74 Å². The third kappa shape index (κ3) is 9.53. The number of hydrogen-bond donors (Lipinski definition) is 3. The fourth-order valence-electron chi connectivity index (χ4n) is 4.96. The highest BCUT2D eigenvalue weighted by molar-refractivity contribution is 5.99. The Kier molecular flexibility index (Phi) is 12.0. The molecule has 0 bridgehead atoms. The van der Waals surface area contributed by atoms with Crippen molar-refractivity contribution in [1.29, 1.82) is 0 Å². The Morgan fingerprint density at radius 3 is 2.49 bits per heavy atom. The van der Waals surface area contributed by atoms with E-state index in [0.29, 0.717) is 17.9 Å². The van der Waals surface area contributed by atoms with Gasteiger partial charge in [-0.25, -0.2) is 0 Å². The summed E-state index contributed by atoms with van der Waals surface area (Å²) in [6, 6.07) is 5.21. The lowest BCUT2D eigenvalue weighted by Crippen LogP contribution is -2.51. The number of fused-ring (bicyclic) bond motifs is 1. The van der Waals surface area contributed by atoms with Gasteiger partial charge in [-0.05, 0) is 63.4 Å². The van der Waals surface area contributed by atoms with E-state index in [9.17, 15) is 19.2 Å². The lowest BCUT2D eigenvalue weighted by molar-refractivity contribution is -0.137. The van der Waals surface area contributed by atoms with Crippen molar-refractivity contribution in [2.45, 2.75) is 70.9 Å². The Morgan fingerprint density at radius 2 is 1.77 bits per heavy atom. The summed E-state index contributed by atoms with van der Waals surface area (Å²) in [5.74, 6) is -1.07. The number of rotatable bonds is 6. The molecular weight excluding hydrogens is 498 g/mol. The van der Waals surface area contributed by atoms with Crippen molar-refractivity contribution in [1.82, 2.24) is 25.8 Å². The topological polar surface area (TPSA) is 120 Å². The van der Waals surface area contributed by atoms with Crippen LogP contribution in [0.5, 0.6) is 5.75 Å². The normalized spacial score (nSPS) is 22.5. The minimum Gasteiger partial charge on any atom is -0.491 e. The third-order valence-corrected chi connectivity index (χ3v) is 7.37. The van der Waals surface area contributed by atoms with E-state index >= 15 is 0 Å². The molecule has 4 amide bonds. The van der Waals surface area contributed by atoms with Crippen LogP contribution < -0.4 is 20.7 Å². The number of carbonyl (C=O) groups is 4. The Morgan fingerprint density at radius 1 is 1.05 bits per heavy atom. The van der Waals surface area contributed by atoms with E-state index in [1.807, 2.05) is 13.8 Å². The largest absolute Gasteiger partial charge is 0.491 e. The second kappa shape index (κ2) is 15.5. The molecule has 10 heteroatoms. The Balaban J connectivity index is 1.70. The summed E-state index contributed by atoms with van der Waals surface area (Å²) in [5, 5.41) is 8.59. The first-order chi connectivity index (χ1) is 18.8. The molecule has 1 aromatic carbocycles. The fourth-order valence-corrected chi connectivity index (χ4v) is 4.96. The average Bonchev–Trinajstić information content (AvgIpc) is 3.20. The van der Waals surface area contributed by atoms with Crippen molar-refractivity contribution in [3.63, 3.8) is 0 Å². The Hall–Kier alpha value is -3.14. The summed E-state index contributed by atoms with van der Waals surface area (Å²) >= 11 is 0. The van der Waals surface area contributed by atoms with Gasteiger partial charge in [-0.3, -0.25) is 19.2 Å². The van der Waals surface area contributed by atoms with Crippen LogP contribution in [0.15, 0.2) is 24.3 Å². The maximum absolute atomic E-state index is 13.2. The van der Waals surface area contributed by atoms with Crippen LogP contribution in [0, 0.1) is 5.92 Å². The number of nitrogens with one attached hydrogen (secondary N) is 3. The molecule has 0 unspecified atom stereocenters. The molecule has 3 N–H and O–H groups in total. The smallest absolute Gasteiger partial charge is 0.255 e. The molecule has 1 aromatic rings. The number of amides is 4. The minimum absolute atomic E-state index is 0.00942. The molecule has 1 fully saturated rings. The molecule has 0 radical (unpaired) electrons. The first-order valence-corrected chi connectivity index (χ1v) is 14.3. The number of nitrogens with zero attached hydrogens (tertiary/aromatic N) is 2. The molecule has 1 saturated heterocycles. The molecule has 39 heavy (non-hydrogen) atoms. The van der Waals surface area contributed by atoms with E-state index in [0.717, 1.165) is 26.1 Å². The van der Waals surface area contributed by atoms with Crippen LogP contribution in [-0.4, -0.2) is 91.9 Å². The van der Waals surface area contributed by atoms with Crippen LogP contribution in [0.25, 0.3) is 0 Å². The maximum atomic E-state index is 13.2. The van der Waals surface area contributed by atoms with Crippen LogP contribution in [0.1, 0.15) is 69.2 Å². The number of likely N-dealkylation sites (tertiary alicyclic amines) is 1. The number of carbonyl (C=O) groups excluding carboxylic acids is 4.